The number of aromatic nitrogens is 4. The lowest BCUT2D eigenvalue weighted by atomic mass is 10.0. The number of rotatable bonds is 6. The zero-order valence-corrected chi connectivity index (χ0v) is 21.1. The first kappa shape index (κ1) is 24.8. The third-order valence-electron chi connectivity index (χ3n) is 6.76. The lowest BCUT2D eigenvalue weighted by Crippen LogP contribution is -2.61. The van der Waals surface area contributed by atoms with Crippen molar-refractivity contribution in [3.05, 3.63) is 84.7 Å². The summed E-state index contributed by atoms with van der Waals surface area (Å²) in [7, 11) is 0. The molecule has 1 aliphatic rings. The van der Waals surface area contributed by atoms with Crippen LogP contribution in [0.3, 0.4) is 0 Å². The van der Waals surface area contributed by atoms with E-state index in [-0.39, 0.29) is 34.0 Å². The third-order valence-corrected chi connectivity index (χ3v) is 7.67. The monoisotopic (exact) mass is 517 g/mol. The quantitative estimate of drug-likeness (QED) is 0.275. The number of imide groups is 1. The molecule has 1 fully saturated rings. The molecule has 10 heteroatoms. The van der Waals surface area contributed by atoms with Crippen molar-refractivity contribution < 1.29 is 18.5 Å². The van der Waals surface area contributed by atoms with Crippen LogP contribution in [0.15, 0.2) is 84.0 Å². The highest BCUT2D eigenvalue weighted by Crippen LogP contribution is 2.34. The summed E-state index contributed by atoms with van der Waals surface area (Å²) in [5.41, 5.74) is 2.64. The number of hydrogen-bond acceptors (Lipinski definition) is 6. The van der Waals surface area contributed by atoms with Gasteiger partial charge in [-0.2, -0.15) is 9.16 Å². The molecule has 1 aliphatic heterocycles. The van der Waals surface area contributed by atoms with Crippen LogP contribution in [0.5, 0.6) is 0 Å². The van der Waals surface area contributed by atoms with Gasteiger partial charge < -0.3 is 0 Å². The number of urea groups is 1. The van der Waals surface area contributed by atoms with E-state index in [9.17, 15) is 14.0 Å². The van der Waals surface area contributed by atoms with Gasteiger partial charge in [0.25, 0.3) is 0 Å². The number of nitrogens with one attached hydrogen (secondary N) is 1. The van der Waals surface area contributed by atoms with E-state index in [0.29, 0.717) is 28.5 Å². The molecule has 1 saturated heterocycles. The summed E-state index contributed by atoms with van der Waals surface area (Å²) in [6.45, 7) is 2.35. The maximum absolute atomic E-state index is 13.9. The second-order valence-corrected chi connectivity index (χ2v) is 9.90. The maximum atomic E-state index is 13.9. The van der Waals surface area contributed by atoms with E-state index in [1.807, 2.05) is 49.4 Å². The summed E-state index contributed by atoms with van der Waals surface area (Å²) in [5.74, 6) is -0.532. The van der Waals surface area contributed by atoms with Crippen LogP contribution in [0.2, 0.25) is 0 Å². The number of tetrazole rings is 1. The minimum atomic E-state index is -0.387. The fourth-order valence-corrected chi connectivity index (χ4v) is 5.66. The lowest BCUT2D eigenvalue weighted by Gasteiger charge is -2.33. The van der Waals surface area contributed by atoms with Gasteiger partial charge in [-0.15, -0.1) is 5.10 Å². The number of hydrogen-bond donors (Lipinski definition) is 1. The molecule has 1 unspecified atom stereocenters. The van der Waals surface area contributed by atoms with Gasteiger partial charge in [0.05, 0.1) is 17.9 Å². The molecular weight excluding hydrogens is 491 g/mol. The number of quaternary nitrogens is 1. The highest BCUT2D eigenvalue weighted by molar-refractivity contribution is 7.99. The van der Waals surface area contributed by atoms with Crippen LogP contribution in [-0.2, 0) is 4.79 Å². The molecule has 1 N–H and O–H groups in total. The predicted octanol–water partition coefficient (Wildman–Crippen LogP) is 5.32. The predicted molar refractivity (Wildman–Crippen MR) is 140 cm³/mol. The smallest absolute Gasteiger partial charge is 0.274 e. The van der Waals surface area contributed by atoms with Crippen LogP contribution in [0, 0.1) is 5.82 Å². The summed E-state index contributed by atoms with van der Waals surface area (Å²) in [5, 5.41) is 15.3. The van der Waals surface area contributed by atoms with Crippen LogP contribution in [0.25, 0.3) is 16.8 Å². The topological polar surface area (TPSA) is 89.8 Å². The Morgan fingerprint density at radius 3 is 2.62 bits per heavy atom. The number of halogens is 1. The molecule has 2 atom stereocenters. The zero-order chi connectivity index (χ0) is 25.8. The number of likely N-dealkylation sites (tertiary alicyclic amines) is 1. The highest BCUT2D eigenvalue weighted by Gasteiger charge is 2.52. The summed E-state index contributed by atoms with van der Waals surface area (Å²) < 4.78 is 15.2. The molecule has 37 heavy (non-hydrogen) atoms. The largest absolute Gasteiger partial charge is 0.428 e. The van der Waals surface area contributed by atoms with E-state index in [1.165, 1.54) is 23.9 Å². The Morgan fingerprint density at radius 2 is 1.86 bits per heavy atom. The Bertz CT molecular complexity index is 1430. The number of para-hydroxylation sites is 2. The number of carbonyl (C=O) groups is 2. The number of anilines is 1. The third kappa shape index (κ3) is 4.90. The number of benzene rings is 3. The average Bonchev–Trinajstić information content (AvgIpc) is 3.55. The van der Waals surface area contributed by atoms with E-state index < -0.39 is 0 Å². The second-order valence-electron chi connectivity index (χ2n) is 8.96. The maximum Gasteiger partial charge on any atom is 0.428 e. The fraction of sp³-hybridized carbons (Fsp3) is 0.222. The number of nitrogens with zero attached hydrogens (tertiary/aromatic N) is 5. The first-order valence-corrected chi connectivity index (χ1v) is 13.0. The molecule has 1 aromatic heterocycles. The van der Waals surface area contributed by atoms with E-state index in [2.05, 4.69) is 20.8 Å². The minimum Gasteiger partial charge on any atom is -0.274 e. The van der Waals surface area contributed by atoms with Crippen LogP contribution in [-0.4, -0.2) is 55.0 Å². The van der Waals surface area contributed by atoms with E-state index >= 15 is 0 Å². The SMILES string of the molecule is C[C@@H]1CCC[N+]1(C(=O)CSc1nnnn1-c1ccccc1)C(=O)Nc1ccccc1-c1cccc(F)c1. The molecule has 0 radical (unpaired) electrons. The van der Waals surface area contributed by atoms with Crippen molar-refractivity contribution in [1.29, 1.82) is 0 Å². The average molecular weight is 518 g/mol. The van der Waals surface area contributed by atoms with Gasteiger partial charge in [0.15, 0.2) is 0 Å². The van der Waals surface area contributed by atoms with Gasteiger partial charge in [0, 0.05) is 18.4 Å². The van der Waals surface area contributed by atoms with Crippen LogP contribution in [0.1, 0.15) is 19.8 Å². The van der Waals surface area contributed by atoms with Crippen molar-refractivity contribution >= 4 is 29.4 Å². The van der Waals surface area contributed by atoms with E-state index in [4.69, 9.17) is 0 Å². The van der Waals surface area contributed by atoms with Crippen molar-refractivity contribution in [3.63, 3.8) is 0 Å². The zero-order valence-electron chi connectivity index (χ0n) is 20.3. The van der Waals surface area contributed by atoms with Gasteiger partial charge in [-0.25, -0.2) is 14.0 Å². The van der Waals surface area contributed by atoms with Crippen molar-refractivity contribution in [1.82, 2.24) is 20.2 Å². The Hall–Kier alpha value is -3.89. The fourth-order valence-electron chi connectivity index (χ4n) is 4.82. The summed E-state index contributed by atoms with van der Waals surface area (Å²) in [6.07, 6.45) is 1.52. The van der Waals surface area contributed by atoms with Crippen molar-refractivity contribution in [2.45, 2.75) is 31.0 Å². The van der Waals surface area contributed by atoms with E-state index in [1.54, 1.807) is 28.9 Å². The molecule has 0 aliphatic carbocycles. The van der Waals surface area contributed by atoms with Crippen LogP contribution >= 0.6 is 11.8 Å². The number of thioether (sulfide) groups is 1. The van der Waals surface area contributed by atoms with E-state index in [0.717, 1.165) is 18.5 Å². The second kappa shape index (κ2) is 10.6. The van der Waals surface area contributed by atoms with Crippen LogP contribution in [0.4, 0.5) is 14.9 Å². The van der Waals surface area contributed by atoms with Gasteiger partial charge in [0.1, 0.15) is 17.6 Å². The first-order valence-electron chi connectivity index (χ1n) is 12.0. The Labute approximate surface area is 218 Å². The number of carbonyl (C=O) groups excluding carboxylic acids is 2. The number of amides is 3. The standard InChI is InChI=1S/C27H25FN6O2S/c1-19-9-8-16-34(19,25(35)18-37-26-30-31-32-33(26)22-12-3-2-4-13-22)27(36)29-24-15-6-5-14-23(24)20-10-7-11-21(28)17-20/h2-7,10-15,17,19H,8-9,16,18H2,1H3/p+1/t19-,34?/m1/s1. The Kier molecular flexibility index (Phi) is 7.11. The molecule has 0 bridgehead atoms. The Balaban J connectivity index is 1.38. The molecule has 0 saturated carbocycles. The van der Waals surface area contributed by atoms with Gasteiger partial charge in [-0.1, -0.05) is 60.3 Å². The van der Waals surface area contributed by atoms with Gasteiger partial charge >= 0.3 is 11.9 Å². The molecular formula is C27H26FN6O2S+. The molecule has 0 spiro atoms. The molecule has 5 rings (SSSR count). The van der Waals surface area contributed by atoms with Crippen LogP contribution < -0.4 is 5.32 Å². The lowest BCUT2D eigenvalue weighted by molar-refractivity contribution is -0.781. The van der Waals surface area contributed by atoms with Gasteiger partial charge in [-0.05, 0) is 53.2 Å². The molecule has 2 heterocycles. The van der Waals surface area contributed by atoms with Gasteiger partial charge in [0.2, 0.25) is 5.16 Å². The summed E-state index contributed by atoms with van der Waals surface area (Å²) >= 11 is 1.21. The highest BCUT2D eigenvalue weighted by atomic mass is 32.2. The molecule has 188 valence electrons. The van der Waals surface area contributed by atoms with Crippen molar-refractivity contribution in [2.24, 2.45) is 0 Å². The molecule has 3 aromatic carbocycles. The molecule has 4 aromatic rings. The van der Waals surface area contributed by atoms with Gasteiger partial charge in [-0.3, -0.25) is 5.32 Å². The first-order chi connectivity index (χ1) is 18.0. The molecule has 8 nitrogen and oxygen atoms in total. The molecule has 3 amide bonds. The summed E-state index contributed by atoms with van der Waals surface area (Å²) in [6, 6.07) is 22.3. The Morgan fingerprint density at radius 1 is 1.08 bits per heavy atom. The normalized spacial score (nSPS) is 19.0. The minimum absolute atomic E-state index is 0.0382. The summed E-state index contributed by atoms with van der Waals surface area (Å²) in [4.78, 5) is 27.5. The van der Waals surface area contributed by atoms with Crippen molar-refractivity contribution in [3.8, 4) is 16.8 Å². The van der Waals surface area contributed by atoms with Crippen molar-refractivity contribution in [2.75, 3.05) is 17.6 Å².